The van der Waals surface area contributed by atoms with Gasteiger partial charge in [-0.25, -0.2) is 0 Å². The summed E-state index contributed by atoms with van der Waals surface area (Å²) in [6, 6.07) is 1.18. The van der Waals surface area contributed by atoms with Crippen molar-refractivity contribution in [3.05, 3.63) is 0 Å². The zero-order valence-corrected chi connectivity index (χ0v) is 11.5. The van der Waals surface area contributed by atoms with Gasteiger partial charge in [-0.05, 0) is 25.7 Å². The summed E-state index contributed by atoms with van der Waals surface area (Å²) < 4.78 is 0. The molecule has 1 aliphatic carbocycles. The highest BCUT2D eigenvalue weighted by molar-refractivity contribution is 5.86. The van der Waals surface area contributed by atoms with Crippen molar-refractivity contribution in [2.75, 3.05) is 0 Å². The standard InChI is InChI=1S/C14H27NO/c1-10(2)15-12-8-6-11(7-9-12)13(16)14(3,4)5/h10-12,15H,6-9H2,1-5H3. The molecule has 0 aromatic rings. The average molecular weight is 225 g/mol. The Morgan fingerprint density at radius 3 is 2.00 bits per heavy atom. The smallest absolute Gasteiger partial charge is 0.141 e. The minimum atomic E-state index is -0.164. The second-order valence-corrected chi connectivity index (χ2v) is 6.48. The van der Waals surface area contributed by atoms with Crippen molar-refractivity contribution in [2.45, 2.75) is 72.4 Å². The van der Waals surface area contributed by atoms with Crippen molar-refractivity contribution in [1.82, 2.24) is 5.32 Å². The first-order chi connectivity index (χ1) is 7.30. The van der Waals surface area contributed by atoms with Crippen LogP contribution in [0.5, 0.6) is 0 Å². The Balaban J connectivity index is 2.40. The highest BCUT2D eigenvalue weighted by Crippen LogP contribution is 2.31. The normalized spacial score (nSPS) is 27.1. The Labute approximate surface area is 100 Å². The van der Waals surface area contributed by atoms with E-state index in [0.29, 0.717) is 23.8 Å². The molecule has 0 unspecified atom stereocenters. The van der Waals surface area contributed by atoms with Gasteiger partial charge < -0.3 is 5.32 Å². The molecule has 0 atom stereocenters. The monoisotopic (exact) mass is 225 g/mol. The lowest BCUT2D eigenvalue weighted by Gasteiger charge is -2.32. The van der Waals surface area contributed by atoms with Crippen LogP contribution in [-0.4, -0.2) is 17.9 Å². The van der Waals surface area contributed by atoms with Crippen LogP contribution in [0.4, 0.5) is 0 Å². The van der Waals surface area contributed by atoms with Crippen LogP contribution in [0.2, 0.25) is 0 Å². The predicted octanol–water partition coefficient (Wildman–Crippen LogP) is 3.16. The maximum absolute atomic E-state index is 12.1. The van der Waals surface area contributed by atoms with Gasteiger partial charge in [-0.1, -0.05) is 34.6 Å². The van der Waals surface area contributed by atoms with E-state index in [-0.39, 0.29) is 5.41 Å². The molecule has 1 N–H and O–H groups in total. The summed E-state index contributed by atoms with van der Waals surface area (Å²) in [5, 5.41) is 3.57. The van der Waals surface area contributed by atoms with E-state index in [1.54, 1.807) is 0 Å². The van der Waals surface area contributed by atoms with Crippen molar-refractivity contribution >= 4 is 5.78 Å². The fraction of sp³-hybridized carbons (Fsp3) is 0.929. The summed E-state index contributed by atoms with van der Waals surface area (Å²) in [5.74, 6) is 0.765. The highest BCUT2D eigenvalue weighted by atomic mass is 16.1. The van der Waals surface area contributed by atoms with Gasteiger partial charge >= 0.3 is 0 Å². The summed E-state index contributed by atoms with van der Waals surface area (Å²) in [5.41, 5.74) is -0.164. The lowest BCUT2D eigenvalue weighted by molar-refractivity contribution is -0.131. The second kappa shape index (κ2) is 5.31. The molecule has 1 aliphatic rings. The van der Waals surface area contributed by atoms with Crippen LogP contribution in [0, 0.1) is 11.3 Å². The van der Waals surface area contributed by atoms with Crippen molar-refractivity contribution in [1.29, 1.82) is 0 Å². The topological polar surface area (TPSA) is 29.1 Å². The van der Waals surface area contributed by atoms with E-state index < -0.39 is 0 Å². The van der Waals surface area contributed by atoms with Gasteiger partial charge in [0, 0.05) is 23.4 Å². The number of Topliss-reactive ketones (excluding diaryl/α,β-unsaturated/α-hetero) is 1. The first-order valence-corrected chi connectivity index (χ1v) is 6.61. The van der Waals surface area contributed by atoms with Gasteiger partial charge in [0.2, 0.25) is 0 Å². The molecular formula is C14H27NO. The molecule has 0 amide bonds. The third-order valence-electron chi connectivity index (χ3n) is 3.41. The second-order valence-electron chi connectivity index (χ2n) is 6.48. The van der Waals surface area contributed by atoms with Gasteiger partial charge in [-0.15, -0.1) is 0 Å². The first-order valence-electron chi connectivity index (χ1n) is 6.61. The van der Waals surface area contributed by atoms with E-state index in [4.69, 9.17) is 0 Å². The molecule has 2 nitrogen and oxygen atoms in total. The Morgan fingerprint density at radius 1 is 1.12 bits per heavy atom. The number of ketones is 1. The van der Waals surface area contributed by atoms with Gasteiger partial charge in [-0.2, -0.15) is 0 Å². The molecule has 16 heavy (non-hydrogen) atoms. The number of nitrogens with one attached hydrogen (secondary N) is 1. The minimum Gasteiger partial charge on any atom is -0.312 e. The van der Waals surface area contributed by atoms with Crippen molar-refractivity contribution in [2.24, 2.45) is 11.3 Å². The molecule has 0 spiro atoms. The molecule has 1 saturated carbocycles. The van der Waals surface area contributed by atoms with Gasteiger partial charge in [0.25, 0.3) is 0 Å². The molecule has 0 bridgehead atoms. The van der Waals surface area contributed by atoms with E-state index >= 15 is 0 Å². The van der Waals surface area contributed by atoms with Crippen LogP contribution < -0.4 is 5.32 Å². The van der Waals surface area contributed by atoms with Crippen LogP contribution in [0.1, 0.15) is 60.3 Å². The number of hydrogen-bond acceptors (Lipinski definition) is 2. The number of hydrogen-bond donors (Lipinski definition) is 1. The zero-order valence-electron chi connectivity index (χ0n) is 11.5. The number of carbonyl (C=O) groups is 1. The molecular weight excluding hydrogens is 198 g/mol. The highest BCUT2D eigenvalue weighted by Gasteiger charge is 2.32. The van der Waals surface area contributed by atoms with E-state index in [2.05, 4.69) is 19.2 Å². The lowest BCUT2D eigenvalue weighted by atomic mass is 9.75. The Bertz CT molecular complexity index is 232. The van der Waals surface area contributed by atoms with Gasteiger partial charge in [0.15, 0.2) is 0 Å². The molecule has 0 aliphatic heterocycles. The summed E-state index contributed by atoms with van der Waals surface area (Å²) in [4.78, 5) is 12.1. The van der Waals surface area contributed by atoms with E-state index in [1.807, 2.05) is 20.8 Å². The summed E-state index contributed by atoms with van der Waals surface area (Å²) in [6.07, 6.45) is 4.45. The summed E-state index contributed by atoms with van der Waals surface area (Å²) in [7, 11) is 0. The molecule has 0 aromatic heterocycles. The largest absolute Gasteiger partial charge is 0.312 e. The fourth-order valence-corrected chi connectivity index (χ4v) is 2.61. The van der Waals surface area contributed by atoms with E-state index in [1.165, 1.54) is 0 Å². The van der Waals surface area contributed by atoms with Crippen LogP contribution in [-0.2, 0) is 4.79 Å². The molecule has 1 fully saturated rings. The zero-order chi connectivity index (χ0) is 12.3. The van der Waals surface area contributed by atoms with Crippen molar-refractivity contribution in [3.63, 3.8) is 0 Å². The van der Waals surface area contributed by atoms with Crippen LogP contribution in [0.15, 0.2) is 0 Å². The molecule has 2 heteroatoms. The van der Waals surface area contributed by atoms with E-state index in [0.717, 1.165) is 25.7 Å². The minimum absolute atomic E-state index is 0.164. The maximum atomic E-state index is 12.1. The third kappa shape index (κ3) is 3.89. The van der Waals surface area contributed by atoms with Crippen molar-refractivity contribution < 1.29 is 4.79 Å². The van der Waals surface area contributed by atoms with E-state index in [9.17, 15) is 4.79 Å². The van der Waals surface area contributed by atoms with Gasteiger partial charge in [0.05, 0.1) is 0 Å². The Kier molecular flexibility index (Phi) is 4.54. The SMILES string of the molecule is CC(C)NC1CCC(C(=O)C(C)(C)C)CC1. The lowest BCUT2D eigenvalue weighted by Crippen LogP contribution is -2.40. The Morgan fingerprint density at radius 2 is 1.62 bits per heavy atom. The van der Waals surface area contributed by atoms with Crippen molar-refractivity contribution in [3.8, 4) is 0 Å². The molecule has 94 valence electrons. The number of rotatable bonds is 3. The molecule has 0 heterocycles. The average Bonchev–Trinajstić information content (AvgIpc) is 2.15. The van der Waals surface area contributed by atoms with Gasteiger partial charge in [0.1, 0.15) is 5.78 Å². The van der Waals surface area contributed by atoms with Crippen LogP contribution in [0.3, 0.4) is 0 Å². The van der Waals surface area contributed by atoms with Crippen LogP contribution >= 0.6 is 0 Å². The third-order valence-corrected chi connectivity index (χ3v) is 3.41. The molecule has 0 aromatic carbocycles. The summed E-state index contributed by atoms with van der Waals surface area (Å²) >= 11 is 0. The fourth-order valence-electron chi connectivity index (χ4n) is 2.61. The predicted molar refractivity (Wildman–Crippen MR) is 68.5 cm³/mol. The molecule has 0 saturated heterocycles. The number of carbonyl (C=O) groups excluding carboxylic acids is 1. The quantitative estimate of drug-likeness (QED) is 0.799. The molecule has 1 rings (SSSR count). The Hall–Kier alpha value is -0.370. The van der Waals surface area contributed by atoms with Crippen LogP contribution in [0.25, 0.3) is 0 Å². The first kappa shape index (κ1) is 13.7. The maximum Gasteiger partial charge on any atom is 0.141 e. The molecule has 0 radical (unpaired) electrons. The van der Waals surface area contributed by atoms with Gasteiger partial charge in [-0.3, -0.25) is 4.79 Å². The summed E-state index contributed by atoms with van der Waals surface area (Å²) in [6.45, 7) is 10.5.